The highest BCUT2D eigenvalue weighted by Crippen LogP contribution is 2.23. The first-order valence-electron chi connectivity index (χ1n) is 9.07. The van der Waals surface area contributed by atoms with Crippen LogP contribution in [0.15, 0.2) is 82.5 Å². The highest BCUT2D eigenvalue weighted by atomic mass is 35.5. The standard InChI is InChI=1S/C22H17ClN4O3/c23-17-8-6-15(7-9-17)14-30-18-4-1-3-16(11-18)20-12-21(26-25-20)22(28)27-24-13-19-5-2-10-29-19/h1-13H,14H2,(H,25,26)(H,27,28)/b24-13+. The number of H-pyrrole nitrogens is 1. The van der Waals surface area contributed by atoms with Crippen LogP contribution in [0.1, 0.15) is 21.8 Å². The van der Waals surface area contributed by atoms with Crippen molar-refractivity contribution in [3.8, 4) is 17.0 Å². The summed E-state index contributed by atoms with van der Waals surface area (Å²) in [7, 11) is 0. The largest absolute Gasteiger partial charge is 0.489 e. The number of hydrogen-bond donors (Lipinski definition) is 2. The summed E-state index contributed by atoms with van der Waals surface area (Å²) < 4.78 is 11.0. The molecule has 0 aliphatic heterocycles. The summed E-state index contributed by atoms with van der Waals surface area (Å²) in [6.07, 6.45) is 2.94. The SMILES string of the molecule is O=C(N/N=C/c1ccco1)c1cc(-c2cccc(OCc3ccc(Cl)cc3)c2)n[nH]1. The summed E-state index contributed by atoms with van der Waals surface area (Å²) in [6, 6.07) is 20.1. The van der Waals surface area contributed by atoms with Gasteiger partial charge in [0.1, 0.15) is 23.8 Å². The van der Waals surface area contributed by atoms with Crippen LogP contribution in [0.2, 0.25) is 5.02 Å². The fraction of sp³-hybridized carbons (Fsp3) is 0.0455. The normalized spacial score (nSPS) is 11.0. The van der Waals surface area contributed by atoms with Crippen LogP contribution in [-0.2, 0) is 6.61 Å². The summed E-state index contributed by atoms with van der Waals surface area (Å²) in [5.41, 5.74) is 5.16. The molecule has 4 rings (SSSR count). The van der Waals surface area contributed by atoms with Crippen LogP contribution in [0.5, 0.6) is 5.75 Å². The van der Waals surface area contributed by atoms with Gasteiger partial charge in [0.2, 0.25) is 0 Å². The molecule has 0 bridgehead atoms. The van der Waals surface area contributed by atoms with Crippen molar-refractivity contribution in [1.82, 2.24) is 15.6 Å². The average Bonchev–Trinajstić information content (AvgIpc) is 3.46. The first-order valence-corrected chi connectivity index (χ1v) is 9.45. The van der Waals surface area contributed by atoms with E-state index in [0.717, 1.165) is 11.1 Å². The van der Waals surface area contributed by atoms with Crippen molar-refractivity contribution in [3.63, 3.8) is 0 Å². The van der Waals surface area contributed by atoms with Crippen molar-refractivity contribution >= 4 is 23.7 Å². The molecule has 0 saturated carbocycles. The number of ether oxygens (including phenoxy) is 1. The molecule has 150 valence electrons. The predicted molar refractivity (Wildman–Crippen MR) is 114 cm³/mol. The van der Waals surface area contributed by atoms with Gasteiger partial charge in [-0.25, -0.2) is 5.43 Å². The number of hydrazone groups is 1. The Labute approximate surface area is 177 Å². The maximum absolute atomic E-state index is 12.2. The van der Waals surface area contributed by atoms with E-state index < -0.39 is 5.91 Å². The zero-order chi connectivity index (χ0) is 20.8. The van der Waals surface area contributed by atoms with E-state index in [0.29, 0.717) is 28.8 Å². The van der Waals surface area contributed by atoms with Crippen LogP contribution < -0.4 is 10.2 Å². The van der Waals surface area contributed by atoms with Gasteiger partial charge in [0, 0.05) is 10.6 Å². The zero-order valence-electron chi connectivity index (χ0n) is 15.7. The lowest BCUT2D eigenvalue weighted by Crippen LogP contribution is -2.17. The minimum absolute atomic E-state index is 0.286. The third-order valence-electron chi connectivity index (χ3n) is 4.17. The molecule has 4 aromatic rings. The minimum Gasteiger partial charge on any atom is -0.489 e. The minimum atomic E-state index is -0.410. The highest BCUT2D eigenvalue weighted by Gasteiger charge is 2.11. The van der Waals surface area contributed by atoms with Crippen LogP contribution in [0.25, 0.3) is 11.3 Å². The van der Waals surface area contributed by atoms with E-state index in [-0.39, 0.29) is 5.69 Å². The van der Waals surface area contributed by atoms with Gasteiger partial charge in [-0.3, -0.25) is 9.89 Å². The van der Waals surface area contributed by atoms with Gasteiger partial charge in [-0.15, -0.1) is 0 Å². The molecule has 0 radical (unpaired) electrons. The number of hydrogen-bond acceptors (Lipinski definition) is 5. The van der Waals surface area contributed by atoms with Crippen LogP contribution in [0.3, 0.4) is 0 Å². The molecule has 0 unspecified atom stereocenters. The first-order chi connectivity index (χ1) is 14.7. The van der Waals surface area contributed by atoms with E-state index in [1.165, 1.54) is 12.5 Å². The van der Waals surface area contributed by atoms with Crippen molar-refractivity contribution in [2.75, 3.05) is 0 Å². The molecule has 2 aromatic carbocycles. The number of benzene rings is 2. The molecule has 2 heterocycles. The van der Waals surface area contributed by atoms with Gasteiger partial charge in [0.05, 0.1) is 18.2 Å². The summed E-state index contributed by atoms with van der Waals surface area (Å²) >= 11 is 5.90. The van der Waals surface area contributed by atoms with Gasteiger partial charge < -0.3 is 9.15 Å². The smallest absolute Gasteiger partial charge is 0.289 e. The topological polar surface area (TPSA) is 92.5 Å². The van der Waals surface area contributed by atoms with Crippen LogP contribution in [0.4, 0.5) is 0 Å². The van der Waals surface area contributed by atoms with E-state index >= 15 is 0 Å². The number of nitrogens with zero attached hydrogens (tertiary/aromatic N) is 2. The molecule has 0 spiro atoms. The number of aromatic amines is 1. The summed E-state index contributed by atoms with van der Waals surface area (Å²) in [6.45, 7) is 0.419. The molecular weight excluding hydrogens is 404 g/mol. The van der Waals surface area contributed by atoms with Gasteiger partial charge in [0.25, 0.3) is 5.91 Å². The van der Waals surface area contributed by atoms with Crippen molar-refractivity contribution in [2.24, 2.45) is 5.10 Å². The maximum atomic E-state index is 12.2. The zero-order valence-corrected chi connectivity index (χ0v) is 16.5. The maximum Gasteiger partial charge on any atom is 0.289 e. The lowest BCUT2D eigenvalue weighted by atomic mass is 10.1. The first kappa shape index (κ1) is 19.5. The second-order valence-electron chi connectivity index (χ2n) is 6.32. The Hall–Kier alpha value is -3.84. The Morgan fingerprint density at radius 3 is 2.83 bits per heavy atom. The summed E-state index contributed by atoms with van der Waals surface area (Å²) in [4.78, 5) is 12.2. The lowest BCUT2D eigenvalue weighted by Gasteiger charge is -2.07. The molecule has 0 atom stereocenters. The van der Waals surface area contributed by atoms with E-state index in [1.54, 1.807) is 18.2 Å². The molecule has 0 aliphatic carbocycles. The quantitative estimate of drug-likeness (QED) is 0.336. The van der Waals surface area contributed by atoms with Gasteiger partial charge in [-0.05, 0) is 48.0 Å². The Kier molecular flexibility index (Phi) is 5.91. The van der Waals surface area contributed by atoms with Crippen molar-refractivity contribution in [3.05, 3.63) is 95.0 Å². The Morgan fingerprint density at radius 1 is 1.17 bits per heavy atom. The Morgan fingerprint density at radius 2 is 2.03 bits per heavy atom. The Balaban J connectivity index is 1.39. The van der Waals surface area contributed by atoms with Crippen LogP contribution in [0, 0.1) is 0 Å². The van der Waals surface area contributed by atoms with Crippen molar-refractivity contribution in [1.29, 1.82) is 0 Å². The molecule has 30 heavy (non-hydrogen) atoms. The van der Waals surface area contributed by atoms with E-state index in [4.69, 9.17) is 20.8 Å². The predicted octanol–water partition coefficient (Wildman–Crippen LogP) is 4.67. The molecular formula is C22H17ClN4O3. The second-order valence-corrected chi connectivity index (χ2v) is 6.76. The van der Waals surface area contributed by atoms with Crippen molar-refractivity contribution < 1.29 is 13.9 Å². The number of halogens is 1. The molecule has 7 nitrogen and oxygen atoms in total. The molecule has 2 N–H and O–H groups in total. The molecule has 1 amide bonds. The number of carbonyl (C=O) groups is 1. The fourth-order valence-electron chi connectivity index (χ4n) is 2.66. The number of furan rings is 1. The molecule has 8 heteroatoms. The van der Waals surface area contributed by atoms with Gasteiger partial charge in [-0.1, -0.05) is 35.9 Å². The number of nitrogens with one attached hydrogen (secondary N) is 2. The number of rotatable bonds is 7. The third kappa shape index (κ3) is 4.95. The van der Waals surface area contributed by atoms with Gasteiger partial charge in [0.15, 0.2) is 0 Å². The number of carbonyl (C=O) groups excluding carboxylic acids is 1. The monoisotopic (exact) mass is 420 g/mol. The average molecular weight is 421 g/mol. The molecule has 0 saturated heterocycles. The van der Waals surface area contributed by atoms with Gasteiger partial charge in [-0.2, -0.15) is 10.2 Å². The summed E-state index contributed by atoms with van der Waals surface area (Å²) in [5.74, 6) is 0.821. The van der Waals surface area contributed by atoms with Crippen LogP contribution >= 0.6 is 11.6 Å². The molecule has 0 fully saturated rings. The van der Waals surface area contributed by atoms with Gasteiger partial charge >= 0.3 is 0 Å². The summed E-state index contributed by atoms with van der Waals surface area (Å²) in [5, 5.41) is 11.5. The number of aromatic nitrogens is 2. The van der Waals surface area contributed by atoms with E-state index in [1.807, 2.05) is 48.5 Å². The highest BCUT2D eigenvalue weighted by molar-refractivity contribution is 6.30. The molecule has 0 aliphatic rings. The molecule has 2 aromatic heterocycles. The second kappa shape index (κ2) is 9.11. The van der Waals surface area contributed by atoms with Crippen molar-refractivity contribution in [2.45, 2.75) is 6.61 Å². The van der Waals surface area contributed by atoms with E-state index in [2.05, 4.69) is 20.7 Å². The third-order valence-corrected chi connectivity index (χ3v) is 4.42. The fourth-order valence-corrected chi connectivity index (χ4v) is 2.78. The lowest BCUT2D eigenvalue weighted by molar-refractivity contribution is 0.0950. The number of amides is 1. The van der Waals surface area contributed by atoms with Crippen LogP contribution in [-0.4, -0.2) is 22.3 Å². The van der Waals surface area contributed by atoms with E-state index in [9.17, 15) is 4.79 Å². The Bertz CT molecular complexity index is 1150.